The number of rotatable bonds is 5. The van der Waals surface area contributed by atoms with E-state index in [1.807, 2.05) is 24.0 Å². The number of fused-ring (bicyclic) bond motifs is 4. The molecular formula is C28H34N2O3. The molecule has 2 atom stereocenters. The van der Waals surface area contributed by atoms with Gasteiger partial charge in [0.25, 0.3) is 0 Å². The number of aryl methyl sites for hydroxylation is 1. The summed E-state index contributed by atoms with van der Waals surface area (Å²) in [6.07, 6.45) is 5.98. The Labute approximate surface area is 196 Å². The van der Waals surface area contributed by atoms with Gasteiger partial charge in [0.05, 0.1) is 18.7 Å². The van der Waals surface area contributed by atoms with Gasteiger partial charge in [0.2, 0.25) is 0 Å². The van der Waals surface area contributed by atoms with Crippen LogP contribution in [-0.2, 0) is 6.42 Å². The lowest BCUT2D eigenvalue weighted by atomic mass is 9.73. The van der Waals surface area contributed by atoms with Crippen molar-refractivity contribution in [2.75, 3.05) is 26.2 Å². The fourth-order valence-electron chi connectivity index (χ4n) is 6.87. The monoisotopic (exact) mass is 446 g/mol. The number of carboxylic acid groups (broad SMARTS) is 1. The summed E-state index contributed by atoms with van der Waals surface area (Å²) in [5.41, 5.74) is 5.06. The van der Waals surface area contributed by atoms with Gasteiger partial charge < -0.3 is 14.7 Å². The van der Waals surface area contributed by atoms with E-state index in [1.165, 1.54) is 16.7 Å². The maximum absolute atomic E-state index is 12.8. The van der Waals surface area contributed by atoms with Gasteiger partial charge in [-0.1, -0.05) is 30.3 Å². The number of benzene rings is 2. The molecule has 2 aliphatic carbocycles. The lowest BCUT2D eigenvalue weighted by Crippen LogP contribution is -2.60. The molecule has 7 rings (SSSR count). The lowest BCUT2D eigenvalue weighted by molar-refractivity contribution is -0.0243. The number of piperidine rings is 3. The highest BCUT2D eigenvalue weighted by Crippen LogP contribution is 2.63. The molecule has 1 amide bonds. The first-order chi connectivity index (χ1) is 16.1. The predicted molar refractivity (Wildman–Crippen MR) is 129 cm³/mol. The molecule has 5 nitrogen and oxygen atoms in total. The zero-order chi connectivity index (χ0) is 22.6. The fourth-order valence-corrected chi connectivity index (χ4v) is 6.87. The van der Waals surface area contributed by atoms with Gasteiger partial charge in [0, 0.05) is 6.54 Å². The Bertz CT molecular complexity index is 1050. The molecule has 174 valence electrons. The van der Waals surface area contributed by atoms with Gasteiger partial charge >= 0.3 is 6.09 Å². The molecule has 3 heterocycles. The minimum atomic E-state index is -0.730. The van der Waals surface area contributed by atoms with Crippen molar-refractivity contribution in [3.05, 3.63) is 53.6 Å². The van der Waals surface area contributed by atoms with Crippen LogP contribution in [0.1, 0.15) is 56.2 Å². The first-order valence-corrected chi connectivity index (χ1v) is 12.7. The van der Waals surface area contributed by atoms with Crippen LogP contribution in [0.5, 0.6) is 5.75 Å². The summed E-state index contributed by atoms with van der Waals surface area (Å²) in [6, 6.07) is 15.1. The number of ether oxygens (including phenoxy) is 1. The highest BCUT2D eigenvalue weighted by Gasteiger charge is 2.57. The Morgan fingerprint density at radius 2 is 1.91 bits per heavy atom. The number of hydrogen-bond acceptors (Lipinski definition) is 3. The molecule has 1 N–H and O–H groups in total. The van der Waals surface area contributed by atoms with Gasteiger partial charge in [-0.2, -0.15) is 0 Å². The van der Waals surface area contributed by atoms with E-state index in [1.54, 1.807) is 0 Å². The predicted octanol–water partition coefficient (Wildman–Crippen LogP) is 5.59. The summed E-state index contributed by atoms with van der Waals surface area (Å²) in [7, 11) is 0. The molecule has 0 aromatic heterocycles. The first-order valence-electron chi connectivity index (χ1n) is 12.7. The summed E-state index contributed by atoms with van der Waals surface area (Å²) >= 11 is 0. The van der Waals surface area contributed by atoms with Gasteiger partial charge in [-0.3, -0.25) is 4.90 Å². The Kier molecular flexibility index (Phi) is 5.13. The van der Waals surface area contributed by atoms with Crippen molar-refractivity contribution < 1.29 is 14.6 Å². The number of hydrogen-bond donors (Lipinski definition) is 1. The molecule has 2 bridgehead atoms. The summed E-state index contributed by atoms with van der Waals surface area (Å²) < 4.78 is 5.71. The Morgan fingerprint density at radius 3 is 2.58 bits per heavy atom. The molecule has 4 fully saturated rings. The van der Waals surface area contributed by atoms with Crippen LogP contribution < -0.4 is 4.74 Å². The molecule has 0 radical (unpaired) electrons. The molecule has 3 saturated heterocycles. The average Bonchev–Trinajstić information content (AvgIpc) is 3.62. The number of amides is 1. The largest absolute Gasteiger partial charge is 0.494 e. The van der Waals surface area contributed by atoms with Crippen LogP contribution in [0.3, 0.4) is 0 Å². The van der Waals surface area contributed by atoms with E-state index in [-0.39, 0.29) is 17.5 Å². The molecule has 5 aliphatic rings. The zero-order valence-corrected chi connectivity index (χ0v) is 19.5. The normalized spacial score (nSPS) is 28.9. The Hall–Kier alpha value is -2.53. The van der Waals surface area contributed by atoms with E-state index in [0.29, 0.717) is 12.5 Å². The molecule has 2 aromatic carbocycles. The standard InChI is InChI=1S/C28H34N2O3/c1-2-33-23-5-3-4-20(17-23)21-6-7-24-22(16-21)8-11-28(12-13-28)26(24)30(27(31)32)25-18-29-14-9-19(25)10-15-29/h3-7,16-17,19,25-26H,2,8-15,18H2,1H3,(H,31,32)/t25?,26-/m1/s1. The van der Waals surface area contributed by atoms with Crippen LogP contribution in [0.2, 0.25) is 0 Å². The van der Waals surface area contributed by atoms with Crippen LogP contribution in [0, 0.1) is 11.3 Å². The second-order valence-corrected chi connectivity index (χ2v) is 10.5. The number of nitrogens with zero attached hydrogens (tertiary/aromatic N) is 2. The van der Waals surface area contributed by atoms with Crippen molar-refractivity contribution in [1.82, 2.24) is 9.80 Å². The van der Waals surface area contributed by atoms with Crippen LogP contribution in [0.25, 0.3) is 11.1 Å². The van der Waals surface area contributed by atoms with E-state index in [9.17, 15) is 9.90 Å². The summed E-state index contributed by atoms with van der Waals surface area (Å²) in [4.78, 5) is 17.2. The molecule has 3 aliphatic heterocycles. The highest BCUT2D eigenvalue weighted by molar-refractivity contribution is 5.69. The SMILES string of the molecule is CCOc1cccc(-c2ccc3c(c2)CCC2(CC2)[C@@H]3N(C(=O)O)C2CN3CCC2CC3)c1. The quantitative estimate of drug-likeness (QED) is 0.650. The lowest BCUT2D eigenvalue weighted by Gasteiger charge is -2.52. The van der Waals surface area contributed by atoms with Crippen molar-refractivity contribution in [3.8, 4) is 16.9 Å². The van der Waals surface area contributed by atoms with Gasteiger partial charge in [0.15, 0.2) is 0 Å². The molecule has 1 spiro atoms. The minimum absolute atomic E-state index is 0.00638. The Balaban J connectivity index is 1.37. The maximum Gasteiger partial charge on any atom is 0.408 e. The third-order valence-corrected chi connectivity index (χ3v) is 8.76. The topological polar surface area (TPSA) is 53.0 Å². The molecule has 2 aromatic rings. The van der Waals surface area contributed by atoms with E-state index in [4.69, 9.17) is 4.74 Å². The smallest absolute Gasteiger partial charge is 0.408 e. The van der Waals surface area contributed by atoms with Gasteiger partial charge in [-0.05, 0) is 104 Å². The van der Waals surface area contributed by atoms with E-state index < -0.39 is 6.09 Å². The minimum Gasteiger partial charge on any atom is -0.494 e. The van der Waals surface area contributed by atoms with Crippen LogP contribution >= 0.6 is 0 Å². The van der Waals surface area contributed by atoms with E-state index >= 15 is 0 Å². The second-order valence-electron chi connectivity index (χ2n) is 10.5. The third-order valence-electron chi connectivity index (χ3n) is 8.76. The van der Waals surface area contributed by atoms with Crippen LogP contribution in [-0.4, -0.2) is 53.3 Å². The van der Waals surface area contributed by atoms with E-state index in [0.717, 1.165) is 69.5 Å². The summed E-state index contributed by atoms with van der Waals surface area (Å²) in [5, 5.41) is 10.5. The molecule has 1 unspecified atom stereocenters. The van der Waals surface area contributed by atoms with Crippen LogP contribution in [0.4, 0.5) is 4.79 Å². The highest BCUT2D eigenvalue weighted by atomic mass is 16.5. The van der Waals surface area contributed by atoms with Gasteiger partial charge in [0.1, 0.15) is 5.75 Å². The van der Waals surface area contributed by atoms with Crippen LogP contribution in [0.15, 0.2) is 42.5 Å². The fraction of sp³-hybridized carbons (Fsp3) is 0.536. The van der Waals surface area contributed by atoms with Crippen molar-refractivity contribution in [2.24, 2.45) is 11.3 Å². The number of carbonyl (C=O) groups is 1. The second kappa shape index (κ2) is 8.05. The molecule has 5 heteroatoms. The molecular weight excluding hydrogens is 412 g/mol. The van der Waals surface area contributed by atoms with Crippen molar-refractivity contribution in [3.63, 3.8) is 0 Å². The first kappa shape index (κ1) is 21.0. The summed E-state index contributed by atoms with van der Waals surface area (Å²) in [5.74, 6) is 1.40. The molecule has 1 saturated carbocycles. The van der Waals surface area contributed by atoms with Crippen molar-refractivity contribution >= 4 is 6.09 Å². The van der Waals surface area contributed by atoms with Crippen molar-refractivity contribution in [2.45, 2.75) is 57.5 Å². The molecule has 33 heavy (non-hydrogen) atoms. The van der Waals surface area contributed by atoms with Gasteiger partial charge in [-0.25, -0.2) is 4.79 Å². The van der Waals surface area contributed by atoms with Gasteiger partial charge in [-0.15, -0.1) is 0 Å². The van der Waals surface area contributed by atoms with E-state index in [2.05, 4.69) is 35.2 Å². The third kappa shape index (κ3) is 3.61. The Morgan fingerprint density at radius 1 is 1.12 bits per heavy atom. The maximum atomic E-state index is 12.8. The van der Waals surface area contributed by atoms with Crippen molar-refractivity contribution in [1.29, 1.82) is 0 Å². The zero-order valence-electron chi connectivity index (χ0n) is 19.5. The average molecular weight is 447 g/mol. The summed E-state index contributed by atoms with van der Waals surface area (Å²) in [6.45, 7) is 5.82.